The van der Waals surface area contributed by atoms with Crippen molar-refractivity contribution in [3.05, 3.63) is 34.2 Å². The molecule has 6 nitrogen and oxygen atoms in total. The van der Waals surface area contributed by atoms with Gasteiger partial charge in [0, 0.05) is 38.9 Å². The van der Waals surface area contributed by atoms with Crippen molar-refractivity contribution in [1.82, 2.24) is 19.2 Å². The lowest BCUT2D eigenvalue weighted by Gasteiger charge is -2.34. The Labute approximate surface area is 152 Å². The highest BCUT2D eigenvalue weighted by atomic mass is 35.5. The number of fused-ring (bicyclic) bond motifs is 1. The van der Waals surface area contributed by atoms with Crippen LogP contribution in [0.3, 0.4) is 0 Å². The molecule has 0 spiro atoms. The van der Waals surface area contributed by atoms with Crippen LogP contribution in [0.5, 0.6) is 0 Å². The summed E-state index contributed by atoms with van der Waals surface area (Å²) in [5, 5.41) is 8.82. The topological polar surface area (TPSA) is 61.1 Å². The van der Waals surface area contributed by atoms with Crippen LogP contribution in [0.4, 0.5) is 13.2 Å². The number of aryl methyl sites for hydroxylation is 1. The van der Waals surface area contributed by atoms with Crippen LogP contribution in [0.15, 0.2) is 12.3 Å². The largest absolute Gasteiger partial charge is 0.417 e. The summed E-state index contributed by atoms with van der Waals surface area (Å²) < 4.78 is 40.4. The predicted octanol–water partition coefficient (Wildman–Crippen LogP) is 2.07. The molecule has 1 aliphatic rings. The van der Waals surface area contributed by atoms with Crippen LogP contribution in [0, 0.1) is 6.92 Å². The second-order valence-corrected chi connectivity index (χ2v) is 6.58. The molecular formula is C16H18ClF3N4O2. The highest BCUT2D eigenvalue weighted by Crippen LogP contribution is 2.33. The highest BCUT2D eigenvalue weighted by Gasteiger charge is 2.33. The van der Waals surface area contributed by atoms with Crippen molar-refractivity contribution in [3.8, 4) is 0 Å². The molecular weight excluding hydrogens is 373 g/mol. The van der Waals surface area contributed by atoms with E-state index in [2.05, 4.69) is 4.98 Å². The van der Waals surface area contributed by atoms with Gasteiger partial charge in [-0.15, -0.1) is 0 Å². The highest BCUT2D eigenvalue weighted by molar-refractivity contribution is 6.33. The lowest BCUT2D eigenvalue weighted by atomic mass is 10.2. The van der Waals surface area contributed by atoms with Gasteiger partial charge in [0.1, 0.15) is 5.69 Å². The molecule has 0 radical (unpaired) electrons. The van der Waals surface area contributed by atoms with Crippen molar-refractivity contribution >= 4 is 23.2 Å². The molecule has 0 saturated carbocycles. The Morgan fingerprint density at radius 1 is 1.31 bits per heavy atom. The fourth-order valence-electron chi connectivity index (χ4n) is 3.10. The van der Waals surface area contributed by atoms with Crippen LogP contribution in [0.1, 0.15) is 21.7 Å². The molecule has 10 heteroatoms. The quantitative estimate of drug-likeness (QED) is 0.871. The summed E-state index contributed by atoms with van der Waals surface area (Å²) in [6.07, 6.45) is -3.72. The Morgan fingerprint density at radius 2 is 1.96 bits per heavy atom. The van der Waals surface area contributed by atoms with Crippen LogP contribution in [0.2, 0.25) is 5.02 Å². The Kier molecular flexibility index (Phi) is 5.14. The second-order valence-electron chi connectivity index (χ2n) is 6.17. The van der Waals surface area contributed by atoms with E-state index in [1.165, 1.54) is 0 Å². The summed E-state index contributed by atoms with van der Waals surface area (Å²) in [6, 6.07) is 0.811. The minimum Gasteiger partial charge on any atom is -0.395 e. The second kappa shape index (κ2) is 7.05. The van der Waals surface area contributed by atoms with Gasteiger partial charge < -0.3 is 10.0 Å². The third-order valence-corrected chi connectivity index (χ3v) is 4.73. The molecule has 0 aliphatic carbocycles. The third-order valence-electron chi connectivity index (χ3n) is 4.46. The van der Waals surface area contributed by atoms with Gasteiger partial charge in [-0.05, 0) is 13.0 Å². The first-order valence-corrected chi connectivity index (χ1v) is 8.48. The fraction of sp³-hybridized carbons (Fsp3) is 0.500. The van der Waals surface area contributed by atoms with Gasteiger partial charge in [0.25, 0.3) is 5.91 Å². The molecule has 142 valence electrons. The molecule has 1 N–H and O–H groups in total. The van der Waals surface area contributed by atoms with Crippen molar-refractivity contribution in [2.24, 2.45) is 0 Å². The van der Waals surface area contributed by atoms with Gasteiger partial charge in [-0.3, -0.25) is 14.1 Å². The maximum absolute atomic E-state index is 13.1. The SMILES string of the molecule is Cc1nc2c(Cl)cc(C(F)(F)F)cn2c1C(=O)N1CCN(CCO)CC1. The monoisotopic (exact) mass is 390 g/mol. The van der Waals surface area contributed by atoms with E-state index in [0.29, 0.717) is 38.4 Å². The molecule has 1 fully saturated rings. The molecule has 2 aromatic heterocycles. The summed E-state index contributed by atoms with van der Waals surface area (Å²) in [5.74, 6) is -0.381. The average molecular weight is 391 g/mol. The van der Waals surface area contributed by atoms with Gasteiger partial charge in [-0.25, -0.2) is 4.98 Å². The Hall–Kier alpha value is -1.84. The minimum atomic E-state index is -4.58. The smallest absolute Gasteiger partial charge is 0.395 e. The van der Waals surface area contributed by atoms with Gasteiger partial charge in [0.15, 0.2) is 5.65 Å². The first-order chi connectivity index (χ1) is 12.2. The van der Waals surface area contributed by atoms with Crippen LogP contribution in [0.25, 0.3) is 5.65 Å². The van der Waals surface area contributed by atoms with Crippen LogP contribution in [-0.2, 0) is 6.18 Å². The van der Waals surface area contributed by atoms with Crippen molar-refractivity contribution in [2.45, 2.75) is 13.1 Å². The standard InChI is InChI=1S/C16H18ClF3N4O2/c1-10-13(15(26)23-4-2-22(3-5-23)6-7-25)24-9-11(16(18,19)20)8-12(17)14(24)21-10/h8-9,25H,2-7H2,1H3. The lowest BCUT2D eigenvalue weighted by Crippen LogP contribution is -2.49. The van der Waals surface area contributed by atoms with E-state index in [1.807, 2.05) is 4.90 Å². The van der Waals surface area contributed by atoms with Gasteiger partial charge in [0.2, 0.25) is 0 Å². The van der Waals surface area contributed by atoms with Gasteiger partial charge in [-0.1, -0.05) is 11.6 Å². The zero-order valence-electron chi connectivity index (χ0n) is 14.1. The summed E-state index contributed by atoms with van der Waals surface area (Å²) >= 11 is 5.96. The maximum atomic E-state index is 13.1. The predicted molar refractivity (Wildman–Crippen MR) is 89.4 cm³/mol. The first-order valence-electron chi connectivity index (χ1n) is 8.10. The third kappa shape index (κ3) is 3.51. The van der Waals surface area contributed by atoms with Crippen molar-refractivity contribution in [2.75, 3.05) is 39.3 Å². The normalized spacial score (nSPS) is 16.5. The summed E-state index contributed by atoms with van der Waals surface area (Å²) in [5.41, 5.74) is -0.397. The molecule has 2 aromatic rings. The molecule has 1 amide bonds. The van der Waals surface area contributed by atoms with Gasteiger partial charge >= 0.3 is 6.18 Å². The molecule has 3 heterocycles. The molecule has 26 heavy (non-hydrogen) atoms. The molecule has 0 unspecified atom stereocenters. The average Bonchev–Trinajstić information content (AvgIpc) is 2.91. The van der Waals surface area contributed by atoms with E-state index in [1.54, 1.807) is 11.8 Å². The summed E-state index contributed by atoms with van der Waals surface area (Å²) in [7, 11) is 0. The molecule has 0 atom stereocenters. The number of aliphatic hydroxyl groups excluding tert-OH is 1. The Balaban J connectivity index is 1.96. The first kappa shape index (κ1) is 18.9. The fourth-order valence-corrected chi connectivity index (χ4v) is 3.35. The number of aromatic nitrogens is 2. The molecule has 0 bridgehead atoms. The number of aliphatic hydroxyl groups is 1. The van der Waals surface area contributed by atoms with E-state index >= 15 is 0 Å². The number of nitrogens with zero attached hydrogens (tertiary/aromatic N) is 4. The lowest BCUT2D eigenvalue weighted by molar-refractivity contribution is -0.137. The van der Waals surface area contributed by atoms with Crippen LogP contribution in [-0.4, -0.2) is 69.5 Å². The summed E-state index contributed by atoms with van der Waals surface area (Å²) in [6.45, 7) is 4.19. The number of carbonyl (C=O) groups is 1. The number of pyridine rings is 1. The number of piperazine rings is 1. The van der Waals surface area contributed by atoms with E-state index in [9.17, 15) is 18.0 Å². The number of carbonyl (C=O) groups excluding carboxylic acids is 1. The van der Waals surface area contributed by atoms with E-state index in [4.69, 9.17) is 16.7 Å². The van der Waals surface area contributed by atoms with Gasteiger partial charge in [-0.2, -0.15) is 13.2 Å². The van der Waals surface area contributed by atoms with E-state index < -0.39 is 11.7 Å². The zero-order chi connectivity index (χ0) is 19.1. The number of hydrogen-bond acceptors (Lipinski definition) is 4. The maximum Gasteiger partial charge on any atom is 0.417 e. The Bertz CT molecular complexity index is 829. The number of β-amino-alcohol motifs (C(OH)–C–C–N with tert-alkyl or cyclic N) is 1. The number of halogens is 4. The number of imidazole rings is 1. The molecule has 1 saturated heterocycles. The zero-order valence-corrected chi connectivity index (χ0v) is 14.8. The van der Waals surface area contributed by atoms with Crippen molar-refractivity contribution in [1.29, 1.82) is 0 Å². The number of amides is 1. The van der Waals surface area contributed by atoms with E-state index in [-0.39, 0.29) is 28.9 Å². The Morgan fingerprint density at radius 3 is 2.54 bits per heavy atom. The van der Waals surface area contributed by atoms with Gasteiger partial charge in [0.05, 0.1) is 22.9 Å². The van der Waals surface area contributed by atoms with Crippen molar-refractivity contribution in [3.63, 3.8) is 0 Å². The number of rotatable bonds is 3. The van der Waals surface area contributed by atoms with Crippen molar-refractivity contribution < 1.29 is 23.1 Å². The molecule has 3 rings (SSSR count). The summed E-state index contributed by atoms with van der Waals surface area (Å²) in [4.78, 5) is 20.7. The molecule has 0 aromatic carbocycles. The van der Waals surface area contributed by atoms with E-state index in [0.717, 1.165) is 16.7 Å². The number of alkyl halides is 3. The molecule has 1 aliphatic heterocycles. The minimum absolute atomic E-state index is 0.0407. The van der Waals surface area contributed by atoms with Crippen LogP contribution >= 0.6 is 11.6 Å². The van der Waals surface area contributed by atoms with Crippen LogP contribution < -0.4 is 0 Å². The number of hydrogen-bond donors (Lipinski definition) is 1.